The van der Waals surface area contributed by atoms with E-state index < -0.39 is 5.97 Å². The Hall–Kier alpha value is -2.30. The number of methoxy groups -OCH3 is 1. The van der Waals surface area contributed by atoms with Crippen molar-refractivity contribution in [2.75, 3.05) is 18.6 Å². The third kappa shape index (κ3) is 2.45. The SMILES string of the molecule is C=CC1CC(=O)N(c2ccc(C(=O)O)cc2OC)C1. The first kappa shape index (κ1) is 13.1. The number of anilines is 1. The first-order valence-corrected chi connectivity index (χ1v) is 5.91. The van der Waals surface area contributed by atoms with Crippen LogP contribution in [0.15, 0.2) is 30.9 Å². The molecule has 100 valence electrons. The van der Waals surface area contributed by atoms with E-state index in [1.807, 2.05) is 0 Å². The normalized spacial score (nSPS) is 18.5. The molecule has 1 aromatic carbocycles. The molecule has 1 aliphatic rings. The average Bonchev–Trinajstić information content (AvgIpc) is 2.79. The summed E-state index contributed by atoms with van der Waals surface area (Å²) in [4.78, 5) is 24.5. The summed E-state index contributed by atoms with van der Waals surface area (Å²) in [7, 11) is 1.45. The zero-order valence-electron chi connectivity index (χ0n) is 10.6. The molecule has 1 aromatic rings. The van der Waals surface area contributed by atoms with Crippen LogP contribution in [-0.4, -0.2) is 30.6 Å². The van der Waals surface area contributed by atoms with Crippen molar-refractivity contribution in [2.45, 2.75) is 6.42 Å². The number of rotatable bonds is 4. The highest BCUT2D eigenvalue weighted by Gasteiger charge is 2.30. The van der Waals surface area contributed by atoms with Gasteiger partial charge in [0.2, 0.25) is 5.91 Å². The molecule has 0 saturated carbocycles. The molecule has 1 saturated heterocycles. The Morgan fingerprint density at radius 2 is 2.32 bits per heavy atom. The van der Waals surface area contributed by atoms with Crippen molar-refractivity contribution >= 4 is 17.6 Å². The number of nitrogens with zero attached hydrogens (tertiary/aromatic N) is 1. The molecular weight excluding hydrogens is 246 g/mol. The highest BCUT2D eigenvalue weighted by atomic mass is 16.5. The van der Waals surface area contributed by atoms with Crippen molar-refractivity contribution in [3.05, 3.63) is 36.4 Å². The quantitative estimate of drug-likeness (QED) is 0.841. The lowest BCUT2D eigenvalue weighted by molar-refractivity contribution is -0.117. The van der Waals surface area contributed by atoms with Gasteiger partial charge in [0, 0.05) is 18.9 Å². The zero-order chi connectivity index (χ0) is 14.0. The molecule has 5 nitrogen and oxygen atoms in total. The fraction of sp³-hybridized carbons (Fsp3) is 0.286. The van der Waals surface area contributed by atoms with E-state index in [1.165, 1.54) is 19.2 Å². The van der Waals surface area contributed by atoms with E-state index in [9.17, 15) is 9.59 Å². The Kier molecular flexibility index (Phi) is 3.55. The molecule has 0 aromatic heterocycles. The first-order chi connectivity index (χ1) is 9.06. The van der Waals surface area contributed by atoms with Crippen LogP contribution in [0.2, 0.25) is 0 Å². The van der Waals surface area contributed by atoms with E-state index in [4.69, 9.17) is 9.84 Å². The molecule has 0 bridgehead atoms. The second-order valence-corrected chi connectivity index (χ2v) is 4.40. The van der Waals surface area contributed by atoms with Crippen molar-refractivity contribution in [2.24, 2.45) is 5.92 Å². The number of amides is 1. The lowest BCUT2D eigenvalue weighted by Crippen LogP contribution is -2.25. The van der Waals surface area contributed by atoms with Crippen LogP contribution < -0.4 is 9.64 Å². The highest BCUT2D eigenvalue weighted by molar-refractivity contribution is 5.98. The van der Waals surface area contributed by atoms with Crippen LogP contribution >= 0.6 is 0 Å². The summed E-state index contributed by atoms with van der Waals surface area (Å²) in [6.07, 6.45) is 2.18. The monoisotopic (exact) mass is 261 g/mol. The minimum absolute atomic E-state index is 0.00808. The molecule has 1 unspecified atom stereocenters. The molecule has 1 fully saturated rings. The van der Waals surface area contributed by atoms with Gasteiger partial charge in [0.1, 0.15) is 5.75 Å². The molecule has 2 rings (SSSR count). The van der Waals surface area contributed by atoms with Crippen LogP contribution in [0.3, 0.4) is 0 Å². The lowest BCUT2D eigenvalue weighted by atomic mass is 10.1. The van der Waals surface area contributed by atoms with Crippen molar-refractivity contribution in [3.63, 3.8) is 0 Å². The topological polar surface area (TPSA) is 66.8 Å². The largest absolute Gasteiger partial charge is 0.495 e. The van der Waals surface area contributed by atoms with Gasteiger partial charge in [-0.15, -0.1) is 6.58 Å². The van der Waals surface area contributed by atoms with Crippen molar-refractivity contribution in [1.82, 2.24) is 0 Å². The number of carbonyl (C=O) groups excluding carboxylic acids is 1. The van der Waals surface area contributed by atoms with E-state index in [0.717, 1.165) is 0 Å². The predicted molar refractivity (Wildman–Crippen MR) is 70.6 cm³/mol. The molecule has 1 amide bonds. The fourth-order valence-corrected chi connectivity index (χ4v) is 2.16. The number of hydrogen-bond acceptors (Lipinski definition) is 3. The molecule has 1 N–H and O–H groups in total. The molecule has 0 aliphatic carbocycles. The smallest absolute Gasteiger partial charge is 0.335 e. The van der Waals surface area contributed by atoms with Gasteiger partial charge in [-0.1, -0.05) is 6.08 Å². The summed E-state index contributed by atoms with van der Waals surface area (Å²) in [5, 5.41) is 8.94. The van der Waals surface area contributed by atoms with E-state index in [1.54, 1.807) is 17.0 Å². The summed E-state index contributed by atoms with van der Waals surface area (Å²) in [6.45, 7) is 4.24. The summed E-state index contributed by atoms with van der Waals surface area (Å²) in [6, 6.07) is 4.49. The van der Waals surface area contributed by atoms with Crippen molar-refractivity contribution in [3.8, 4) is 5.75 Å². The van der Waals surface area contributed by atoms with Crippen LogP contribution in [0.1, 0.15) is 16.8 Å². The number of carboxylic acid groups (broad SMARTS) is 1. The first-order valence-electron chi connectivity index (χ1n) is 5.91. The van der Waals surface area contributed by atoms with Crippen LogP contribution in [0.25, 0.3) is 0 Å². The van der Waals surface area contributed by atoms with Gasteiger partial charge in [-0.05, 0) is 18.2 Å². The summed E-state index contributed by atoms with van der Waals surface area (Å²) in [5.74, 6) is -0.526. The number of hydrogen-bond donors (Lipinski definition) is 1. The number of carboxylic acids is 1. The lowest BCUT2D eigenvalue weighted by Gasteiger charge is -2.19. The predicted octanol–water partition coefficient (Wildman–Crippen LogP) is 1.93. The van der Waals surface area contributed by atoms with E-state index in [0.29, 0.717) is 24.4 Å². The molecule has 0 spiro atoms. The summed E-state index contributed by atoms with van der Waals surface area (Å²) >= 11 is 0. The van der Waals surface area contributed by atoms with Gasteiger partial charge in [0.25, 0.3) is 0 Å². The van der Waals surface area contributed by atoms with Crippen molar-refractivity contribution in [1.29, 1.82) is 0 Å². The Labute approximate surface area is 111 Å². The van der Waals surface area contributed by atoms with E-state index in [2.05, 4.69) is 6.58 Å². The van der Waals surface area contributed by atoms with Crippen LogP contribution in [0, 0.1) is 5.92 Å². The minimum Gasteiger partial charge on any atom is -0.495 e. The number of benzene rings is 1. The third-order valence-electron chi connectivity index (χ3n) is 3.21. The zero-order valence-corrected chi connectivity index (χ0v) is 10.6. The van der Waals surface area contributed by atoms with E-state index >= 15 is 0 Å². The van der Waals surface area contributed by atoms with Gasteiger partial charge in [-0.2, -0.15) is 0 Å². The second kappa shape index (κ2) is 5.14. The average molecular weight is 261 g/mol. The second-order valence-electron chi connectivity index (χ2n) is 4.40. The van der Waals surface area contributed by atoms with Gasteiger partial charge >= 0.3 is 5.97 Å². The molecule has 1 heterocycles. The summed E-state index contributed by atoms with van der Waals surface area (Å²) in [5.41, 5.74) is 0.731. The fourth-order valence-electron chi connectivity index (χ4n) is 2.16. The molecule has 5 heteroatoms. The Balaban J connectivity index is 2.37. The molecule has 19 heavy (non-hydrogen) atoms. The summed E-state index contributed by atoms with van der Waals surface area (Å²) < 4.78 is 5.18. The number of carbonyl (C=O) groups is 2. The highest BCUT2D eigenvalue weighted by Crippen LogP contribution is 2.34. The Morgan fingerprint density at radius 3 is 2.84 bits per heavy atom. The van der Waals surface area contributed by atoms with Gasteiger partial charge in [0.15, 0.2) is 0 Å². The maximum atomic E-state index is 11.9. The van der Waals surface area contributed by atoms with Crippen molar-refractivity contribution < 1.29 is 19.4 Å². The number of aromatic carboxylic acids is 1. The van der Waals surface area contributed by atoms with E-state index in [-0.39, 0.29) is 17.4 Å². The molecule has 1 atom stereocenters. The van der Waals surface area contributed by atoms with Gasteiger partial charge in [-0.3, -0.25) is 4.79 Å². The van der Waals surface area contributed by atoms with Gasteiger partial charge in [0.05, 0.1) is 18.4 Å². The number of ether oxygens (including phenoxy) is 1. The van der Waals surface area contributed by atoms with Crippen LogP contribution in [-0.2, 0) is 4.79 Å². The molecular formula is C14H15NO4. The Bertz CT molecular complexity index is 538. The van der Waals surface area contributed by atoms with Gasteiger partial charge in [-0.25, -0.2) is 4.79 Å². The molecule has 1 aliphatic heterocycles. The standard InChI is InChI=1S/C14H15NO4/c1-3-9-6-13(16)15(8-9)11-5-4-10(14(17)18)7-12(11)19-2/h3-5,7,9H,1,6,8H2,2H3,(H,17,18). The maximum absolute atomic E-state index is 11.9. The Morgan fingerprint density at radius 1 is 1.58 bits per heavy atom. The minimum atomic E-state index is -1.03. The maximum Gasteiger partial charge on any atom is 0.335 e. The molecule has 0 radical (unpaired) electrons. The van der Waals surface area contributed by atoms with Crippen LogP contribution in [0.5, 0.6) is 5.75 Å². The van der Waals surface area contributed by atoms with Crippen LogP contribution in [0.4, 0.5) is 5.69 Å². The van der Waals surface area contributed by atoms with Gasteiger partial charge < -0.3 is 14.7 Å². The third-order valence-corrected chi connectivity index (χ3v) is 3.21.